The van der Waals surface area contributed by atoms with Gasteiger partial charge in [0.2, 0.25) is 0 Å². The normalized spacial score (nSPS) is 13.9. The van der Waals surface area contributed by atoms with Crippen molar-refractivity contribution >= 4 is 5.97 Å². The number of carboxylic acids is 1. The molecule has 0 aliphatic rings. The van der Waals surface area contributed by atoms with Gasteiger partial charge in [0.15, 0.2) is 0 Å². The summed E-state index contributed by atoms with van der Waals surface area (Å²) in [4.78, 5) is 10.7. The van der Waals surface area contributed by atoms with Crippen molar-refractivity contribution in [2.75, 3.05) is 0 Å². The molecule has 0 radical (unpaired) electrons. The second-order valence-corrected chi connectivity index (χ2v) is 2.87. The fourth-order valence-electron chi connectivity index (χ4n) is 1.18. The first kappa shape index (κ1) is 14.3. The van der Waals surface area contributed by atoms with Gasteiger partial charge in [-0.05, 0) is 12.0 Å². The minimum absolute atomic E-state index is 0. The number of carbonyl (C=O) groups is 1. The molecule has 0 spiro atoms. The standard InChI is InChI=1S/C10H12O3.K/c1-2-10(13,9(11)12)8-6-4-3-5-7-8;/h3-7,13H,2H2,1H3,(H,11,12);/q;+1/p-1/t10-;/m1./s1. The van der Waals surface area contributed by atoms with Crippen LogP contribution in [0.2, 0.25) is 0 Å². The summed E-state index contributed by atoms with van der Waals surface area (Å²) >= 11 is 0. The van der Waals surface area contributed by atoms with Gasteiger partial charge in [0, 0.05) is 0 Å². The van der Waals surface area contributed by atoms with Crippen molar-refractivity contribution in [2.45, 2.75) is 18.9 Å². The molecule has 0 aromatic heterocycles. The molecular formula is C10H11KO3. The van der Waals surface area contributed by atoms with Crippen LogP contribution in [-0.4, -0.2) is 11.1 Å². The monoisotopic (exact) mass is 218 g/mol. The summed E-state index contributed by atoms with van der Waals surface area (Å²) in [6.07, 6.45) is 0.0966. The van der Waals surface area contributed by atoms with E-state index in [1.807, 2.05) is 0 Å². The van der Waals surface area contributed by atoms with Gasteiger partial charge in [-0.15, -0.1) is 0 Å². The number of carboxylic acid groups (broad SMARTS) is 1. The molecule has 1 aromatic carbocycles. The quantitative estimate of drug-likeness (QED) is 0.551. The molecule has 0 saturated carbocycles. The van der Waals surface area contributed by atoms with Crippen LogP contribution in [0, 0.1) is 0 Å². The summed E-state index contributed by atoms with van der Waals surface area (Å²) in [6.45, 7) is 1.60. The van der Waals surface area contributed by atoms with E-state index in [1.165, 1.54) is 0 Å². The number of benzene rings is 1. The summed E-state index contributed by atoms with van der Waals surface area (Å²) in [5, 5.41) is 20.4. The van der Waals surface area contributed by atoms with E-state index in [0.29, 0.717) is 5.56 Å². The number of rotatable bonds is 3. The minimum atomic E-state index is -1.86. The topological polar surface area (TPSA) is 60.4 Å². The molecule has 0 heterocycles. The van der Waals surface area contributed by atoms with Gasteiger partial charge in [0.1, 0.15) is 5.60 Å². The zero-order valence-corrected chi connectivity index (χ0v) is 11.5. The van der Waals surface area contributed by atoms with Crippen LogP contribution in [0.15, 0.2) is 30.3 Å². The maximum Gasteiger partial charge on any atom is 1.00 e. The zero-order valence-electron chi connectivity index (χ0n) is 8.36. The van der Waals surface area contributed by atoms with Crippen molar-refractivity contribution in [3.63, 3.8) is 0 Å². The molecule has 1 rings (SSSR count). The van der Waals surface area contributed by atoms with Gasteiger partial charge in [-0.25, -0.2) is 0 Å². The number of carbonyl (C=O) groups excluding carboxylic acids is 1. The van der Waals surface area contributed by atoms with E-state index in [-0.39, 0.29) is 57.8 Å². The van der Waals surface area contributed by atoms with Crippen LogP contribution in [-0.2, 0) is 10.4 Å². The average Bonchev–Trinajstić information content (AvgIpc) is 2.17. The molecule has 4 heteroatoms. The largest absolute Gasteiger partial charge is 1.00 e. The van der Waals surface area contributed by atoms with Crippen molar-refractivity contribution in [2.24, 2.45) is 0 Å². The molecule has 0 aliphatic heterocycles. The molecule has 3 nitrogen and oxygen atoms in total. The van der Waals surface area contributed by atoms with Crippen LogP contribution in [0.3, 0.4) is 0 Å². The molecule has 1 N–H and O–H groups in total. The molecular weight excluding hydrogens is 207 g/mol. The van der Waals surface area contributed by atoms with Crippen LogP contribution in [0.1, 0.15) is 18.9 Å². The Balaban J connectivity index is 0.00000169. The van der Waals surface area contributed by atoms with E-state index in [4.69, 9.17) is 0 Å². The van der Waals surface area contributed by atoms with Crippen LogP contribution in [0.25, 0.3) is 0 Å². The first-order valence-electron chi connectivity index (χ1n) is 4.10. The third-order valence-corrected chi connectivity index (χ3v) is 2.10. The first-order chi connectivity index (χ1) is 6.11. The molecule has 1 aromatic rings. The van der Waals surface area contributed by atoms with Crippen molar-refractivity contribution in [3.8, 4) is 0 Å². The Hall–Kier alpha value is 0.286. The van der Waals surface area contributed by atoms with E-state index in [1.54, 1.807) is 37.3 Å². The molecule has 0 bridgehead atoms. The van der Waals surface area contributed by atoms with Crippen molar-refractivity contribution in [1.29, 1.82) is 0 Å². The first-order valence-corrected chi connectivity index (χ1v) is 4.10. The Kier molecular flexibility index (Phi) is 6.12. The predicted octanol–water partition coefficient (Wildman–Crippen LogP) is -2.96. The van der Waals surface area contributed by atoms with E-state index < -0.39 is 11.6 Å². The second-order valence-electron chi connectivity index (χ2n) is 2.87. The van der Waals surface area contributed by atoms with E-state index >= 15 is 0 Å². The maximum absolute atomic E-state index is 10.7. The van der Waals surface area contributed by atoms with E-state index in [9.17, 15) is 15.0 Å². The summed E-state index contributed by atoms with van der Waals surface area (Å²) in [5.41, 5.74) is -1.50. The molecule has 1 atom stereocenters. The van der Waals surface area contributed by atoms with Gasteiger partial charge >= 0.3 is 51.4 Å². The Morgan fingerprint density at radius 3 is 2.29 bits per heavy atom. The van der Waals surface area contributed by atoms with Crippen LogP contribution < -0.4 is 56.5 Å². The Morgan fingerprint density at radius 2 is 1.93 bits per heavy atom. The number of aliphatic carboxylic acids is 1. The van der Waals surface area contributed by atoms with Gasteiger partial charge in [0.05, 0.1) is 5.97 Å². The zero-order chi connectivity index (χ0) is 9.90. The minimum Gasteiger partial charge on any atom is -0.547 e. The van der Waals surface area contributed by atoms with Gasteiger partial charge in [0.25, 0.3) is 0 Å². The van der Waals surface area contributed by atoms with Gasteiger partial charge in [-0.2, -0.15) is 0 Å². The molecule has 0 amide bonds. The second kappa shape index (κ2) is 6.00. The van der Waals surface area contributed by atoms with Crippen LogP contribution in [0.5, 0.6) is 0 Å². The van der Waals surface area contributed by atoms with Crippen LogP contribution >= 0.6 is 0 Å². The number of aliphatic hydroxyl groups is 1. The van der Waals surface area contributed by atoms with Crippen LogP contribution in [0.4, 0.5) is 0 Å². The average molecular weight is 218 g/mol. The van der Waals surface area contributed by atoms with Crippen molar-refractivity contribution < 1.29 is 66.4 Å². The van der Waals surface area contributed by atoms with Crippen molar-refractivity contribution in [3.05, 3.63) is 35.9 Å². The fourth-order valence-corrected chi connectivity index (χ4v) is 1.18. The summed E-state index contributed by atoms with van der Waals surface area (Å²) in [6, 6.07) is 8.26. The third kappa shape index (κ3) is 2.89. The summed E-state index contributed by atoms with van der Waals surface area (Å²) < 4.78 is 0. The predicted molar refractivity (Wildman–Crippen MR) is 45.6 cm³/mol. The molecule has 0 saturated heterocycles. The Bertz CT molecular complexity index is 299. The molecule has 0 unspecified atom stereocenters. The third-order valence-electron chi connectivity index (χ3n) is 2.10. The Labute approximate surface area is 126 Å². The number of hydrogen-bond acceptors (Lipinski definition) is 3. The molecule has 14 heavy (non-hydrogen) atoms. The Morgan fingerprint density at radius 1 is 1.43 bits per heavy atom. The summed E-state index contributed by atoms with van der Waals surface area (Å²) in [5.74, 6) is -1.46. The van der Waals surface area contributed by atoms with Gasteiger partial charge in [-0.3, -0.25) is 0 Å². The van der Waals surface area contributed by atoms with Gasteiger partial charge < -0.3 is 15.0 Å². The SMILES string of the molecule is CC[C@](O)(C(=O)[O-])c1ccccc1.[K+]. The fraction of sp³-hybridized carbons (Fsp3) is 0.300. The van der Waals surface area contributed by atoms with Crippen molar-refractivity contribution in [1.82, 2.24) is 0 Å². The number of hydrogen-bond donors (Lipinski definition) is 1. The maximum atomic E-state index is 10.7. The van der Waals surface area contributed by atoms with Gasteiger partial charge in [-0.1, -0.05) is 37.3 Å². The van der Waals surface area contributed by atoms with E-state index in [2.05, 4.69) is 0 Å². The van der Waals surface area contributed by atoms with E-state index in [0.717, 1.165) is 0 Å². The molecule has 70 valence electrons. The molecule has 0 aliphatic carbocycles. The molecule has 0 fully saturated rings. The smallest absolute Gasteiger partial charge is 0.547 e. The summed E-state index contributed by atoms with van der Waals surface area (Å²) in [7, 11) is 0.